The number of oxazole rings is 1. The van der Waals surface area contributed by atoms with Crippen molar-refractivity contribution >= 4 is 64.3 Å². The van der Waals surface area contributed by atoms with Gasteiger partial charge in [-0.15, -0.1) is 0 Å². The predicted molar refractivity (Wildman–Crippen MR) is 146 cm³/mol. The zero-order chi connectivity index (χ0) is 32.5. The fraction of sp³-hybridized carbons (Fsp3) is 0.0769. The molecule has 0 aliphatic rings. The van der Waals surface area contributed by atoms with Crippen LogP contribution >= 0.6 is 46.4 Å². The first-order chi connectivity index (χ1) is 20.0. The van der Waals surface area contributed by atoms with Gasteiger partial charge >= 0.3 is 17.9 Å². The maximum Gasteiger partial charge on any atom is 0.338 e. The van der Waals surface area contributed by atoms with Gasteiger partial charge in [0.2, 0.25) is 0 Å². The Morgan fingerprint density at radius 2 is 1.12 bits per heavy atom. The maximum atomic E-state index is 10.9. The zero-order valence-corrected chi connectivity index (χ0v) is 25.0. The molecule has 0 aliphatic carbocycles. The predicted octanol–water partition coefficient (Wildman–Crippen LogP) is 3.60. The van der Waals surface area contributed by atoms with Gasteiger partial charge in [-0.2, -0.15) is 14.0 Å². The summed E-state index contributed by atoms with van der Waals surface area (Å²) in [5, 5.41) is 25.0. The van der Waals surface area contributed by atoms with Crippen molar-refractivity contribution in [2.75, 3.05) is 0 Å². The largest absolute Gasteiger partial charge is 0.481 e. The molecule has 43 heavy (non-hydrogen) atoms. The Labute approximate surface area is 264 Å². The Balaban J connectivity index is 0.000000270. The number of benzene rings is 3. The smallest absolute Gasteiger partial charge is 0.338 e. The molecule has 12 nitrogen and oxygen atoms in total. The minimum Gasteiger partial charge on any atom is -0.481 e. The molecule has 0 bridgehead atoms. The molecule has 0 saturated carbocycles. The van der Waals surface area contributed by atoms with Crippen molar-refractivity contribution < 1.29 is 63.0 Å². The van der Waals surface area contributed by atoms with Gasteiger partial charge in [0.05, 0.1) is 52.5 Å². The molecule has 228 valence electrons. The van der Waals surface area contributed by atoms with Crippen LogP contribution in [0.3, 0.4) is 0 Å². The summed E-state index contributed by atoms with van der Waals surface area (Å²) in [5.41, 5.74) is 1.25. The molecule has 4 aromatic rings. The summed E-state index contributed by atoms with van der Waals surface area (Å²) in [6.07, 6.45) is 0.283. The van der Waals surface area contributed by atoms with E-state index in [0.29, 0.717) is 11.7 Å². The minimum atomic E-state index is -4.69. The van der Waals surface area contributed by atoms with Crippen molar-refractivity contribution in [1.82, 2.24) is 4.98 Å². The number of carbonyl (C=O) groups is 3. The molecule has 0 radical (unpaired) electrons. The standard InChI is InChI=1S/C18H15NO3.C8H2Cl4O4.ClHO4/c20-16(21)12-11-15-19-17(13-7-3-1-4-8-13)18(22-15)14-9-5-2-6-10-14;9-3-1(7(13)14)2(8(15)16)4(10)6(12)5(3)11;2-1(3,4)5/h1-10H,11-12H2,(H,20,21);(H,13,14)(H,15,16);(H,2,3,4,5). The molecular weight excluding hydrogens is 680 g/mol. The van der Waals surface area contributed by atoms with Crippen LogP contribution in [0.5, 0.6) is 0 Å². The molecule has 3 aromatic carbocycles. The number of nitrogens with zero attached hydrogens (tertiary/aromatic N) is 1. The van der Waals surface area contributed by atoms with E-state index in [-0.39, 0.29) is 22.9 Å². The molecular formula is C26H18Cl5NO11. The zero-order valence-electron chi connectivity index (χ0n) is 21.2. The number of carboxylic acids is 3. The molecule has 17 heteroatoms. The Morgan fingerprint density at radius 1 is 0.721 bits per heavy atom. The number of aromatic nitrogens is 1. The molecule has 0 atom stereocenters. The highest BCUT2D eigenvalue weighted by Crippen LogP contribution is 2.41. The van der Waals surface area contributed by atoms with E-state index in [0.717, 1.165) is 16.8 Å². The average molecular weight is 698 g/mol. The van der Waals surface area contributed by atoms with Crippen LogP contribution in [0.1, 0.15) is 33.0 Å². The van der Waals surface area contributed by atoms with Crippen LogP contribution in [0.15, 0.2) is 65.1 Å². The number of rotatable bonds is 7. The van der Waals surface area contributed by atoms with Crippen molar-refractivity contribution in [3.05, 3.63) is 97.8 Å². The molecule has 0 aliphatic heterocycles. The van der Waals surface area contributed by atoms with Gasteiger partial charge in [-0.05, 0) is 0 Å². The van der Waals surface area contributed by atoms with Crippen molar-refractivity contribution in [3.8, 4) is 22.6 Å². The number of aromatic carboxylic acids is 2. The summed E-state index contributed by atoms with van der Waals surface area (Å²) in [7, 11) is -4.69. The first-order valence-corrected chi connectivity index (χ1v) is 14.1. The number of halogens is 5. The lowest BCUT2D eigenvalue weighted by Gasteiger charge is -2.10. The van der Waals surface area contributed by atoms with E-state index in [1.807, 2.05) is 60.7 Å². The molecule has 0 amide bonds. The molecule has 1 heterocycles. The molecule has 0 saturated heterocycles. The van der Waals surface area contributed by atoms with Crippen molar-refractivity contribution in [2.45, 2.75) is 12.8 Å². The quantitative estimate of drug-likeness (QED) is 0.160. The Morgan fingerprint density at radius 3 is 1.49 bits per heavy atom. The topological polar surface area (TPSA) is 227 Å². The van der Waals surface area contributed by atoms with Gasteiger partial charge in [0.25, 0.3) is 0 Å². The van der Waals surface area contributed by atoms with Crippen LogP contribution in [0.25, 0.3) is 22.6 Å². The van der Waals surface area contributed by atoms with Gasteiger partial charge in [0.1, 0.15) is 5.69 Å². The van der Waals surface area contributed by atoms with Crippen LogP contribution in [-0.2, 0) is 11.2 Å². The fourth-order valence-corrected chi connectivity index (χ4v) is 4.31. The number of aryl methyl sites for hydroxylation is 1. The van der Waals surface area contributed by atoms with Gasteiger partial charge in [-0.3, -0.25) is 4.79 Å². The minimum absolute atomic E-state index is 0.00295. The van der Waals surface area contributed by atoms with E-state index < -0.39 is 49.3 Å². The monoisotopic (exact) mass is 695 g/mol. The summed E-state index contributed by atoms with van der Waals surface area (Å²) in [5.74, 6) is -2.85. The lowest BCUT2D eigenvalue weighted by molar-refractivity contribution is -1.92. The fourth-order valence-electron chi connectivity index (χ4n) is 3.30. The lowest BCUT2D eigenvalue weighted by Crippen LogP contribution is -2.58. The third-order valence-corrected chi connectivity index (χ3v) is 6.80. The number of hydrogen-bond acceptors (Lipinski definition) is 9. The normalized spacial score (nSPS) is 10.6. The molecule has 0 fully saturated rings. The van der Waals surface area contributed by atoms with E-state index in [4.69, 9.17) is 84.8 Å². The summed E-state index contributed by atoms with van der Waals surface area (Å²) in [6.45, 7) is 0. The second-order valence-electron chi connectivity index (χ2n) is 7.92. The van der Waals surface area contributed by atoms with Crippen molar-refractivity contribution in [2.24, 2.45) is 0 Å². The van der Waals surface area contributed by atoms with Gasteiger partial charge in [-0.25, -0.2) is 14.6 Å². The molecule has 4 N–H and O–H groups in total. The van der Waals surface area contributed by atoms with E-state index in [2.05, 4.69) is 4.98 Å². The second kappa shape index (κ2) is 15.9. The second-order valence-corrected chi connectivity index (χ2v) is 10.2. The Hall–Kier alpha value is -3.43. The van der Waals surface area contributed by atoms with Crippen molar-refractivity contribution in [1.29, 1.82) is 0 Å². The highest BCUT2D eigenvalue weighted by Gasteiger charge is 2.28. The first kappa shape index (κ1) is 35.8. The van der Waals surface area contributed by atoms with E-state index in [1.165, 1.54) is 0 Å². The molecule has 0 unspecified atom stereocenters. The van der Waals surface area contributed by atoms with Crippen LogP contribution in [0.4, 0.5) is 0 Å². The molecule has 1 aromatic heterocycles. The maximum absolute atomic E-state index is 10.9. The Bertz CT molecular complexity index is 1480. The summed E-state index contributed by atoms with van der Waals surface area (Å²) in [4.78, 5) is 36.9. The van der Waals surface area contributed by atoms with Gasteiger partial charge in [0, 0.05) is 17.5 Å². The summed E-state index contributed by atoms with van der Waals surface area (Å²) >= 11 is 22.4. The third kappa shape index (κ3) is 10.7. The van der Waals surface area contributed by atoms with E-state index in [1.54, 1.807) is 0 Å². The number of hydrogen-bond donors (Lipinski definition) is 4. The summed E-state index contributed by atoms with van der Waals surface area (Å²) in [6, 6.07) is 19.5. The van der Waals surface area contributed by atoms with E-state index in [9.17, 15) is 14.4 Å². The molecule has 4 rings (SSSR count). The lowest BCUT2D eigenvalue weighted by atomic mass is 10.1. The van der Waals surface area contributed by atoms with Crippen LogP contribution in [0.2, 0.25) is 20.1 Å². The SMILES string of the molecule is O=C(O)CCc1nc(-c2ccccc2)c(-c2ccccc2)o1.O=C(O)c1c(Cl)c(Cl)c(Cl)c(Cl)c1C(=O)O.[O-][Cl+3]([O-])([O-])O. The van der Waals surface area contributed by atoms with Crippen LogP contribution < -0.4 is 14.0 Å². The highest BCUT2D eigenvalue weighted by atomic mass is 35.7. The van der Waals surface area contributed by atoms with Crippen LogP contribution in [0, 0.1) is 10.2 Å². The highest BCUT2D eigenvalue weighted by molar-refractivity contribution is 6.54. The van der Waals surface area contributed by atoms with E-state index >= 15 is 0 Å². The third-order valence-electron chi connectivity index (χ3n) is 5.00. The first-order valence-electron chi connectivity index (χ1n) is 11.3. The van der Waals surface area contributed by atoms with Gasteiger partial charge in [0.15, 0.2) is 11.7 Å². The Kier molecular flexibility index (Phi) is 13.2. The van der Waals surface area contributed by atoms with Gasteiger partial charge < -0.3 is 19.7 Å². The summed E-state index contributed by atoms with van der Waals surface area (Å²) < 4.78 is 38.6. The van der Waals surface area contributed by atoms with Gasteiger partial charge in [-0.1, -0.05) is 107 Å². The van der Waals surface area contributed by atoms with Crippen LogP contribution in [-0.4, -0.2) is 42.9 Å². The molecule has 0 spiro atoms. The van der Waals surface area contributed by atoms with Crippen molar-refractivity contribution in [3.63, 3.8) is 0 Å². The average Bonchev–Trinajstić information content (AvgIpc) is 3.37. The number of aliphatic carboxylic acids is 1. The number of carboxylic acid groups (broad SMARTS) is 3.